The fraction of sp³-hybridized carbons (Fsp3) is 0.0714. The van der Waals surface area contributed by atoms with Crippen molar-refractivity contribution in [3.8, 4) is 34.1 Å². The van der Waals surface area contributed by atoms with Crippen molar-refractivity contribution in [2.24, 2.45) is 5.73 Å². The van der Waals surface area contributed by atoms with Gasteiger partial charge in [-0.05, 0) is 59.7 Å². The van der Waals surface area contributed by atoms with Crippen LogP contribution in [0.15, 0.2) is 72.8 Å². The zero-order chi connectivity index (χ0) is 29.9. The van der Waals surface area contributed by atoms with E-state index in [4.69, 9.17) is 15.2 Å². The number of hydrogen-bond acceptors (Lipinski definition) is 5. The van der Waals surface area contributed by atoms with E-state index < -0.39 is 52.5 Å². The molecular formula is C28H18F6N2O5. The first-order valence-corrected chi connectivity index (χ1v) is 11.5. The van der Waals surface area contributed by atoms with Crippen LogP contribution in [0.5, 0.6) is 23.0 Å². The molecule has 0 aliphatic heterocycles. The molecule has 0 heterocycles. The smallest absolute Gasteiger partial charge is 0.493 e. The van der Waals surface area contributed by atoms with E-state index in [1.54, 1.807) is 0 Å². The summed E-state index contributed by atoms with van der Waals surface area (Å²) in [6, 6.07) is 13.8. The van der Waals surface area contributed by atoms with Crippen molar-refractivity contribution in [2.75, 3.05) is 12.4 Å². The number of benzene rings is 4. The summed E-state index contributed by atoms with van der Waals surface area (Å²) in [7, 11) is 1.22. The van der Waals surface area contributed by atoms with Crippen LogP contribution in [0.2, 0.25) is 0 Å². The van der Waals surface area contributed by atoms with Crippen LogP contribution in [0.4, 0.5) is 32.0 Å². The summed E-state index contributed by atoms with van der Waals surface area (Å²) in [4.78, 5) is 24.4. The van der Waals surface area contributed by atoms with Gasteiger partial charge in [-0.3, -0.25) is 9.59 Å². The van der Waals surface area contributed by atoms with E-state index in [2.05, 4.69) is 10.1 Å². The van der Waals surface area contributed by atoms with E-state index in [1.807, 2.05) is 0 Å². The van der Waals surface area contributed by atoms with Gasteiger partial charge in [-0.2, -0.15) is 0 Å². The molecule has 2 amide bonds. The Morgan fingerprint density at radius 2 is 1.46 bits per heavy atom. The molecule has 4 aromatic carbocycles. The molecule has 7 nitrogen and oxygen atoms in total. The lowest BCUT2D eigenvalue weighted by molar-refractivity contribution is -0.274. The van der Waals surface area contributed by atoms with Crippen molar-refractivity contribution in [1.82, 2.24) is 0 Å². The van der Waals surface area contributed by atoms with Gasteiger partial charge in [0.05, 0.1) is 18.2 Å². The Morgan fingerprint density at radius 3 is 2.10 bits per heavy atom. The van der Waals surface area contributed by atoms with Crippen LogP contribution in [0.25, 0.3) is 11.1 Å². The molecule has 4 rings (SSSR count). The van der Waals surface area contributed by atoms with Crippen molar-refractivity contribution >= 4 is 17.5 Å². The molecule has 212 valence electrons. The Balaban J connectivity index is 1.61. The molecule has 13 heteroatoms. The summed E-state index contributed by atoms with van der Waals surface area (Å²) in [5, 5.41) is 2.29. The minimum Gasteiger partial charge on any atom is -0.493 e. The van der Waals surface area contributed by atoms with Gasteiger partial charge in [-0.15, -0.1) is 13.2 Å². The maximum Gasteiger partial charge on any atom is 0.573 e. The molecule has 0 unspecified atom stereocenters. The van der Waals surface area contributed by atoms with Gasteiger partial charge in [0.15, 0.2) is 23.1 Å². The minimum atomic E-state index is -4.90. The largest absolute Gasteiger partial charge is 0.573 e. The van der Waals surface area contributed by atoms with E-state index in [0.29, 0.717) is 0 Å². The molecule has 0 radical (unpaired) electrons. The minimum absolute atomic E-state index is 0.0172. The molecule has 0 aliphatic rings. The molecule has 0 spiro atoms. The highest BCUT2D eigenvalue weighted by atomic mass is 19.4. The zero-order valence-corrected chi connectivity index (χ0v) is 20.8. The van der Waals surface area contributed by atoms with Crippen molar-refractivity contribution in [3.05, 3.63) is 101 Å². The number of nitrogens with one attached hydrogen (secondary N) is 1. The van der Waals surface area contributed by atoms with Crippen molar-refractivity contribution in [1.29, 1.82) is 0 Å². The maximum absolute atomic E-state index is 14.9. The van der Waals surface area contributed by atoms with Gasteiger partial charge in [0.1, 0.15) is 17.3 Å². The van der Waals surface area contributed by atoms with Gasteiger partial charge in [0, 0.05) is 11.8 Å². The lowest BCUT2D eigenvalue weighted by Crippen LogP contribution is -2.18. The molecule has 41 heavy (non-hydrogen) atoms. The Hall–Kier alpha value is -5.20. The number of alkyl halides is 3. The second-order valence-electron chi connectivity index (χ2n) is 8.28. The lowest BCUT2D eigenvalue weighted by Gasteiger charge is -2.15. The summed E-state index contributed by atoms with van der Waals surface area (Å²) in [6.07, 6.45) is -4.90. The topological polar surface area (TPSA) is 99.9 Å². The van der Waals surface area contributed by atoms with Gasteiger partial charge < -0.3 is 25.3 Å². The highest BCUT2D eigenvalue weighted by Crippen LogP contribution is 2.37. The number of nitrogens with two attached hydrogens (primary N) is 1. The van der Waals surface area contributed by atoms with Crippen LogP contribution >= 0.6 is 0 Å². The number of ether oxygens (including phenoxy) is 3. The number of anilines is 1. The fourth-order valence-corrected chi connectivity index (χ4v) is 3.76. The average molecular weight is 576 g/mol. The third-order valence-corrected chi connectivity index (χ3v) is 5.57. The molecule has 4 aromatic rings. The van der Waals surface area contributed by atoms with Crippen molar-refractivity contribution < 1.29 is 50.1 Å². The molecule has 0 aromatic heterocycles. The predicted octanol–water partition coefficient (Wildman–Crippen LogP) is 6.82. The summed E-state index contributed by atoms with van der Waals surface area (Å²) in [6.45, 7) is 0. The molecule has 0 saturated carbocycles. The highest BCUT2D eigenvalue weighted by Gasteiger charge is 2.31. The summed E-state index contributed by atoms with van der Waals surface area (Å²) < 4.78 is 94.9. The molecule has 3 N–H and O–H groups in total. The maximum atomic E-state index is 14.9. The summed E-state index contributed by atoms with van der Waals surface area (Å²) >= 11 is 0. The van der Waals surface area contributed by atoms with Crippen LogP contribution in [0.3, 0.4) is 0 Å². The van der Waals surface area contributed by atoms with Gasteiger partial charge >= 0.3 is 6.36 Å². The van der Waals surface area contributed by atoms with Crippen LogP contribution in [-0.2, 0) is 0 Å². The zero-order valence-electron chi connectivity index (χ0n) is 20.8. The molecule has 0 bridgehead atoms. The Labute approximate surface area is 228 Å². The summed E-state index contributed by atoms with van der Waals surface area (Å²) in [5.41, 5.74) is 4.07. The first-order valence-electron chi connectivity index (χ1n) is 11.5. The van der Waals surface area contributed by atoms with E-state index in [-0.39, 0.29) is 34.1 Å². The lowest BCUT2D eigenvalue weighted by atomic mass is 9.98. The normalized spacial score (nSPS) is 11.1. The molecule has 0 saturated heterocycles. The fourth-order valence-electron chi connectivity index (χ4n) is 3.76. The molecule has 0 atom stereocenters. The second kappa shape index (κ2) is 11.5. The van der Waals surface area contributed by atoms with E-state index in [9.17, 15) is 35.9 Å². The van der Waals surface area contributed by atoms with Crippen molar-refractivity contribution in [3.63, 3.8) is 0 Å². The Bertz CT molecular complexity index is 1620. The van der Waals surface area contributed by atoms with Gasteiger partial charge in [0.2, 0.25) is 0 Å². The second-order valence-corrected chi connectivity index (χ2v) is 8.28. The molecule has 0 aliphatic carbocycles. The third-order valence-electron chi connectivity index (χ3n) is 5.57. The predicted molar refractivity (Wildman–Crippen MR) is 134 cm³/mol. The first-order chi connectivity index (χ1) is 19.4. The first kappa shape index (κ1) is 28.8. The van der Waals surface area contributed by atoms with Gasteiger partial charge in [-0.1, -0.05) is 18.2 Å². The van der Waals surface area contributed by atoms with Gasteiger partial charge in [-0.25, -0.2) is 13.2 Å². The SMILES string of the molecule is COc1cc(OC(F)(F)F)ccc1Oc1ccc(-c2ccc(F)c(F)c2C(=O)Nc2ccc(F)c(C(N)=O)c2)cc1. The van der Waals surface area contributed by atoms with E-state index in [1.165, 1.54) is 43.5 Å². The number of carbonyl (C=O) groups excluding carboxylic acids is 2. The van der Waals surface area contributed by atoms with Crippen LogP contribution in [0.1, 0.15) is 20.7 Å². The third kappa shape index (κ3) is 6.69. The quantitative estimate of drug-likeness (QED) is 0.224. The van der Waals surface area contributed by atoms with Crippen LogP contribution in [-0.4, -0.2) is 25.3 Å². The highest BCUT2D eigenvalue weighted by molar-refractivity contribution is 6.09. The van der Waals surface area contributed by atoms with Crippen LogP contribution in [0, 0.1) is 17.5 Å². The number of rotatable bonds is 8. The monoisotopic (exact) mass is 576 g/mol. The number of methoxy groups -OCH3 is 1. The number of amides is 2. The van der Waals surface area contributed by atoms with Gasteiger partial charge in [0.25, 0.3) is 11.8 Å². The molecular weight excluding hydrogens is 558 g/mol. The van der Waals surface area contributed by atoms with Crippen LogP contribution < -0.4 is 25.3 Å². The number of hydrogen-bond donors (Lipinski definition) is 2. The number of primary amides is 1. The Kier molecular flexibility index (Phi) is 8.08. The van der Waals surface area contributed by atoms with E-state index >= 15 is 0 Å². The average Bonchev–Trinajstić information content (AvgIpc) is 2.91. The van der Waals surface area contributed by atoms with E-state index in [0.717, 1.165) is 36.4 Å². The summed E-state index contributed by atoms with van der Waals surface area (Å²) in [5.74, 6) is -6.22. The Morgan fingerprint density at radius 1 is 0.805 bits per heavy atom. The number of carbonyl (C=O) groups is 2. The molecule has 0 fully saturated rings. The van der Waals surface area contributed by atoms with Crippen molar-refractivity contribution in [2.45, 2.75) is 6.36 Å². The standard InChI is InChI=1S/C28H18F6N2O5/c1-39-23-13-17(41-28(32,33)34)7-11-22(23)40-16-5-2-14(3-6-16)18-8-10-21(30)25(31)24(18)27(38)36-15-4-9-20(29)19(12-15)26(35)37/h2-13H,1H3,(H2,35,37)(H,36,38). The number of halogens is 6.